The smallest absolute Gasteiger partial charge is 0.151 e. The van der Waals surface area contributed by atoms with Gasteiger partial charge in [-0.25, -0.2) is 0 Å². The van der Waals surface area contributed by atoms with E-state index in [2.05, 4.69) is 126 Å². The van der Waals surface area contributed by atoms with Gasteiger partial charge >= 0.3 is 0 Å². The number of hydrogen-bond acceptors (Lipinski definition) is 3. The predicted octanol–water partition coefficient (Wildman–Crippen LogP) is 11.7. The monoisotopic (exact) mass is 620 g/mol. The zero-order valence-electron chi connectivity index (χ0n) is 26.8. The summed E-state index contributed by atoms with van der Waals surface area (Å²) >= 11 is 0. The molecule has 5 aliphatic rings. The lowest BCUT2D eigenvalue weighted by atomic mass is 9.42. The van der Waals surface area contributed by atoms with Crippen LogP contribution in [-0.4, -0.2) is 0 Å². The van der Waals surface area contributed by atoms with Crippen molar-refractivity contribution in [1.82, 2.24) is 0 Å². The maximum Gasteiger partial charge on any atom is 0.151 e. The summed E-state index contributed by atoms with van der Waals surface area (Å²) in [5.74, 6) is 4.81. The van der Waals surface area contributed by atoms with Gasteiger partial charge in [-0.2, -0.15) is 5.26 Å². The van der Waals surface area contributed by atoms with E-state index >= 15 is 0 Å². The fraction of sp³-hybridized carbons (Fsp3) is 0.222. The van der Waals surface area contributed by atoms with E-state index in [1.165, 1.54) is 54.0 Å². The first-order valence-corrected chi connectivity index (χ1v) is 17.5. The molecule has 0 spiro atoms. The third-order valence-corrected chi connectivity index (χ3v) is 12.1. The highest BCUT2D eigenvalue weighted by molar-refractivity contribution is 5.89. The first kappa shape index (κ1) is 27.8. The Morgan fingerprint density at radius 3 is 2.04 bits per heavy atom. The standard InChI is InChI=1S/C45H36N2O/c46-28-29-7-6-8-32(20-29)33-13-14-35-26-36(16-15-34(35)25-33)45(38-21-30-19-31(23-38)24-39(45)22-30)37-17-18-42-44(27-37)48-43-12-5-4-11-41(43)47(42)40-9-2-1-3-10-40/h1-18,20,25-27,30-31,38-39H,19,21-24H2. The van der Waals surface area contributed by atoms with Crippen molar-refractivity contribution in [3.63, 3.8) is 0 Å². The van der Waals surface area contributed by atoms with Gasteiger partial charge in [0.2, 0.25) is 0 Å². The molecular weight excluding hydrogens is 585 g/mol. The molecule has 4 bridgehead atoms. The van der Waals surface area contributed by atoms with Gasteiger partial charge in [0.15, 0.2) is 11.5 Å². The second-order valence-electron chi connectivity index (χ2n) is 14.6. The van der Waals surface area contributed by atoms with Crippen LogP contribution in [0.1, 0.15) is 48.8 Å². The SMILES string of the molecule is N#Cc1cccc(-c2ccc3cc(C4(c5ccc6c(c5)Oc5ccccc5N6c5ccccc5)C5CC6CC(C5)CC4C6)ccc3c2)c1. The molecule has 6 aromatic carbocycles. The molecule has 0 radical (unpaired) electrons. The first-order valence-electron chi connectivity index (χ1n) is 17.5. The van der Waals surface area contributed by atoms with Crippen LogP contribution in [0.15, 0.2) is 133 Å². The molecule has 0 saturated heterocycles. The van der Waals surface area contributed by atoms with E-state index in [0.717, 1.165) is 51.5 Å². The molecule has 232 valence electrons. The minimum absolute atomic E-state index is 0.0473. The summed E-state index contributed by atoms with van der Waals surface area (Å²) < 4.78 is 6.77. The quantitative estimate of drug-likeness (QED) is 0.196. The minimum atomic E-state index is -0.0473. The van der Waals surface area contributed by atoms with Crippen LogP contribution in [0, 0.1) is 35.0 Å². The summed E-state index contributed by atoms with van der Waals surface area (Å²) in [7, 11) is 0. The lowest BCUT2D eigenvalue weighted by molar-refractivity contribution is -0.0418. The van der Waals surface area contributed by atoms with E-state index in [4.69, 9.17) is 4.74 Å². The summed E-state index contributed by atoms with van der Waals surface area (Å²) in [6, 6.07) is 50.5. The molecule has 0 unspecified atom stereocenters. The fourth-order valence-corrected chi connectivity index (χ4v) is 10.4. The summed E-state index contributed by atoms with van der Waals surface area (Å²) in [5, 5.41) is 12.0. The zero-order chi connectivity index (χ0) is 31.8. The fourth-order valence-electron chi connectivity index (χ4n) is 10.4. The van der Waals surface area contributed by atoms with Crippen LogP contribution >= 0.6 is 0 Å². The Hall–Kier alpha value is -5.33. The first-order chi connectivity index (χ1) is 23.7. The Labute approximate surface area is 282 Å². The van der Waals surface area contributed by atoms with Crippen LogP contribution in [0.3, 0.4) is 0 Å². The van der Waals surface area contributed by atoms with Crippen molar-refractivity contribution in [3.05, 3.63) is 150 Å². The van der Waals surface area contributed by atoms with Gasteiger partial charge in [0, 0.05) is 11.1 Å². The van der Waals surface area contributed by atoms with Gasteiger partial charge in [0.25, 0.3) is 0 Å². The van der Waals surface area contributed by atoms with E-state index in [0.29, 0.717) is 17.4 Å². The number of para-hydroxylation sites is 3. The van der Waals surface area contributed by atoms with Crippen LogP contribution < -0.4 is 9.64 Å². The molecule has 1 aliphatic heterocycles. The molecule has 4 aliphatic carbocycles. The number of rotatable bonds is 4. The Bertz CT molecular complexity index is 2240. The second-order valence-corrected chi connectivity index (χ2v) is 14.6. The van der Waals surface area contributed by atoms with Gasteiger partial charge in [0.05, 0.1) is 23.0 Å². The minimum Gasteiger partial charge on any atom is -0.453 e. The Kier molecular flexibility index (Phi) is 6.12. The predicted molar refractivity (Wildman–Crippen MR) is 193 cm³/mol. The van der Waals surface area contributed by atoms with E-state index in [1.807, 2.05) is 18.2 Å². The molecule has 4 saturated carbocycles. The number of nitriles is 1. The highest BCUT2D eigenvalue weighted by atomic mass is 16.5. The topological polar surface area (TPSA) is 36.3 Å². The highest BCUT2D eigenvalue weighted by Gasteiger charge is 2.58. The molecule has 3 nitrogen and oxygen atoms in total. The molecule has 0 N–H and O–H groups in total. The maximum absolute atomic E-state index is 9.45. The lowest BCUT2D eigenvalue weighted by Crippen LogP contribution is -2.56. The van der Waals surface area contributed by atoms with Crippen LogP contribution in [-0.2, 0) is 5.41 Å². The Morgan fingerprint density at radius 1 is 0.562 bits per heavy atom. The summed E-state index contributed by atoms with van der Waals surface area (Å²) in [6.07, 6.45) is 6.69. The largest absolute Gasteiger partial charge is 0.453 e. The van der Waals surface area contributed by atoms with Crippen LogP contribution in [0.2, 0.25) is 0 Å². The van der Waals surface area contributed by atoms with Crippen LogP contribution in [0.5, 0.6) is 11.5 Å². The average molecular weight is 621 g/mol. The van der Waals surface area contributed by atoms with Crippen LogP contribution in [0.4, 0.5) is 17.1 Å². The average Bonchev–Trinajstić information content (AvgIpc) is 3.13. The third kappa shape index (κ3) is 4.12. The van der Waals surface area contributed by atoms with Crippen LogP contribution in [0.25, 0.3) is 21.9 Å². The molecular formula is C45H36N2O. The number of hydrogen-bond donors (Lipinski definition) is 0. The van der Waals surface area contributed by atoms with E-state index in [-0.39, 0.29) is 5.41 Å². The van der Waals surface area contributed by atoms with Gasteiger partial charge < -0.3 is 9.64 Å². The van der Waals surface area contributed by atoms with E-state index < -0.39 is 0 Å². The zero-order valence-corrected chi connectivity index (χ0v) is 26.8. The molecule has 0 aromatic heterocycles. The molecule has 48 heavy (non-hydrogen) atoms. The Balaban J connectivity index is 1.12. The molecule has 11 rings (SSSR count). The number of nitrogens with zero attached hydrogens (tertiary/aromatic N) is 2. The van der Waals surface area contributed by atoms with Gasteiger partial charge in [-0.3, -0.25) is 0 Å². The van der Waals surface area contributed by atoms with Crippen molar-refractivity contribution >= 4 is 27.8 Å². The molecule has 6 aromatic rings. The van der Waals surface area contributed by atoms with Crippen molar-refractivity contribution in [3.8, 4) is 28.7 Å². The van der Waals surface area contributed by atoms with E-state index in [1.54, 1.807) is 0 Å². The molecule has 4 fully saturated rings. The highest BCUT2D eigenvalue weighted by Crippen LogP contribution is 2.66. The van der Waals surface area contributed by atoms with E-state index in [9.17, 15) is 5.26 Å². The van der Waals surface area contributed by atoms with Gasteiger partial charge in [-0.15, -0.1) is 0 Å². The lowest BCUT2D eigenvalue weighted by Gasteiger charge is -2.62. The normalized spacial score (nSPS) is 24.9. The van der Waals surface area contributed by atoms with Crippen molar-refractivity contribution < 1.29 is 4.74 Å². The van der Waals surface area contributed by atoms with Gasteiger partial charge in [-0.1, -0.05) is 78.9 Å². The summed E-state index contributed by atoms with van der Waals surface area (Å²) in [5.41, 5.74) is 9.04. The third-order valence-electron chi connectivity index (χ3n) is 12.1. The number of benzene rings is 6. The summed E-state index contributed by atoms with van der Waals surface area (Å²) in [4.78, 5) is 2.35. The van der Waals surface area contributed by atoms with Crippen molar-refractivity contribution in [2.24, 2.45) is 23.7 Å². The molecule has 1 heterocycles. The van der Waals surface area contributed by atoms with Crippen molar-refractivity contribution in [2.75, 3.05) is 4.90 Å². The van der Waals surface area contributed by atoms with Gasteiger partial charge in [0.1, 0.15) is 0 Å². The number of anilines is 3. The number of fused-ring (bicyclic) bond motifs is 3. The van der Waals surface area contributed by atoms with Crippen molar-refractivity contribution in [2.45, 2.75) is 37.5 Å². The van der Waals surface area contributed by atoms with Gasteiger partial charge in [-0.05, 0) is 143 Å². The Morgan fingerprint density at radius 2 is 1.23 bits per heavy atom. The molecule has 0 amide bonds. The second kappa shape index (κ2) is 10.6. The number of ether oxygens (including phenoxy) is 1. The maximum atomic E-state index is 9.45. The molecule has 0 atom stereocenters. The molecule has 3 heteroatoms. The van der Waals surface area contributed by atoms with Crippen molar-refractivity contribution in [1.29, 1.82) is 5.26 Å². The summed E-state index contributed by atoms with van der Waals surface area (Å²) in [6.45, 7) is 0.